The van der Waals surface area contributed by atoms with Gasteiger partial charge in [0.1, 0.15) is 6.54 Å². The third kappa shape index (κ3) is 5.94. The Bertz CT molecular complexity index is 709. The molecule has 1 aliphatic rings. The molecule has 0 aliphatic carbocycles. The highest BCUT2D eigenvalue weighted by atomic mass is 19.1. The summed E-state index contributed by atoms with van der Waals surface area (Å²) >= 11 is 0. The van der Waals surface area contributed by atoms with Gasteiger partial charge in [0, 0.05) is 26.1 Å². The molecule has 2 rings (SSSR count). The van der Waals surface area contributed by atoms with E-state index in [4.69, 9.17) is 9.84 Å². The summed E-state index contributed by atoms with van der Waals surface area (Å²) in [6.45, 7) is 3.43. The molecule has 1 unspecified atom stereocenters. The highest BCUT2D eigenvalue weighted by Gasteiger charge is 2.27. The zero-order chi connectivity index (χ0) is 20.0. The SMILES string of the molecule is CC(=O)N(CC(=O)O)C1CCCN(C(=O)COc2cc(C)ccc2F)CC1. The molecule has 1 aromatic carbocycles. The van der Waals surface area contributed by atoms with Crippen molar-refractivity contribution in [3.8, 4) is 5.75 Å². The van der Waals surface area contributed by atoms with Gasteiger partial charge in [-0.3, -0.25) is 14.4 Å². The van der Waals surface area contributed by atoms with Crippen molar-refractivity contribution >= 4 is 17.8 Å². The summed E-state index contributed by atoms with van der Waals surface area (Å²) in [6.07, 6.45) is 1.78. The van der Waals surface area contributed by atoms with Crippen LogP contribution in [0.3, 0.4) is 0 Å². The zero-order valence-corrected chi connectivity index (χ0v) is 15.6. The lowest BCUT2D eigenvalue weighted by molar-refractivity contribution is -0.145. The number of aryl methyl sites for hydroxylation is 1. The Labute approximate surface area is 157 Å². The predicted molar refractivity (Wildman–Crippen MR) is 95.9 cm³/mol. The first-order valence-corrected chi connectivity index (χ1v) is 8.93. The molecule has 148 valence electrons. The van der Waals surface area contributed by atoms with Crippen molar-refractivity contribution in [1.29, 1.82) is 0 Å². The van der Waals surface area contributed by atoms with Gasteiger partial charge in [0.05, 0.1) is 0 Å². The van der Waals surface area contributed by atoms with Crippen LogP contribution in [0.15, 0.2) is 18.2 Å². The van der Waals surface area contributed by atoms with E-state index in [9.17, 15) is 18.8 Å². The first kappa shape index (κ1) is 20.7. The van der Waals surface area contributed by atoms with E-state index >= 15 is 0 Å². The van der Waals surface area contributed by atoms with Gasteiger partial charge in [-0.05, 0) is 43.9 Å². The maximum Gasteiger partial charge on any atom is 0.323 e. The third-order valence-corrected chi connectivity index (χ3v) is 4.64. The van der Waals surface area contributed by atoms with Gasteiger partial charge in [-0.15, -0.1) is 0 Å². The summed E-state index contributed by atoms with van der Waals surface area (Å²) in [5.41, 5.74) is 0.833. The summed E-state index contributed by atoms with van der Waals surface area (Å²) in [5.74, 6) is -2.09. The summed E-state index contributed by atoms with van der Waals surface area (Å²) < 4.78 is 19.0. The third-order valence-electron chi connectivity index (χ3n) is 4.64. The molecule has 1 fully saturated rings. The van der Waals surface area contributed by atoms with E-state index in [0.29, 0.717) is 32.4 Å². The molecule has 1 aliphatic heterocycles. The zero-order valence-electron chi connectivity index (χ0n) is 15.6. The first-order valence-electron chi connectivity index (χ1n) is 8.93. The highest BCUT2D eigenvalue weighted by molar-refractivity contribution is 5.80. The van der Waals surface area contributed by atoms with E-state index in [1.165, 1.54) is 24.0 Å². The van der Waals surface area contributed by atoms with E-state index in [0.717, 1.165) is 5.56 Å². The van der Waals surface area contributed by atoms with E-state index in [-0.39, 0.29) is 36.8 Å². The van der Waals surface area contributed by atoms with Crippen LogP contribution in [0.25, 0.3) is 0 Å². The second-order valence-corrected chi connectivity index (χ2v) is 6.73. The fraction of sp³-hybridized carbons (Fsp3) is 0.526. The van der Waals surface area contributed by atoms with Crippen molar-refractivity contribution in [3.05, 3.63) is 29.6 Å². The molecule has 27 heavy (non-hydrogen) atoms. The van der Waals surface area contributed by atoms with Gasteiger partial charge >= 0.3 is 5.97 Å². The average Bonchev–Trinajstić information content (AvgIpc) is 2.86. The minimum Gasteiger partial charge on any atom is -0.481 e. The molecule has 1 atom stereocenters. The number of aliphatic carboxylic acids is 1. The molecule has 0 aromatic heterocycles. The van der Waals surface area contributed by atoms with E-state index in [1.807, 2.05) is 0 Å². The van der Waals surface area contributed by atoms with Crippen molar-refractivity contribution in [2.75, 3.05) is 26.2 Å². The fourth-order valence-corrected chi connectivity index (χ4v) is 3.24. The minimum atomic E-state index is -1.06. The second kappa shape index (κ2) is 9.34. The van der Waals surface area contributed by atoms with Crippen LogP contribution in [0.2, 0.25) is 0 Å². The molecule has 1 heterocycles. The van der Waals surface area contributed by atoms with Crippen LogP contribution in [0.4, 0.5) is 4.39 Å². The van der Waals surface area contributed by atoms with Gasteiger partial charge in [0.15, 0.2) is 18.2 Å². The molecule has 1 saturated heterocycles. The summed E-state index contributed by atoms with van der Waals surface area (Å²) in [4.78, 5) is 38.1. The maximum absolute atomic E-state index is 13.7. The molecule has 7 nitrogen and oxygen atoms in total. The number of likely N-dealkylation sites (tertiary alicyclic amines) is 1. The Hall–Kier alpha value is -2.64. The Morgan fingerprint density at radius 2 is 2.04 bits per heavy atom. The normalized spacial score (nSPS) is 17.1. The summed E-state index contributed by atoms with van der Waals surface area (Å²) in [7, 11) is 0. The molecular formula is C19H25FN2O5. The monoisotopic (exact) mass is 380 g/mol. The molecule has 0 saturated carbocycles. The van der Waals surface area contributed by atoms with Gasteiger partial charge in [-0.1, -0.05) is 6.07 Å². The second-order valence-electron chi connectivity index (χ2n) is 6.73. The van der Waals surface area contributed by atoms with Gasteiger partial charge in [-0.2, -0.15) is 0 Å². The molecule has 0 radical (unpaired) electrons. The number of ether oxygens (including phenoxy) is 1. The largest absolute Gasteiger partial charge is 0.481 e. The number of nitrogens with zero attached hydrogens (tertiary/aromatic N) is 2. The molecule has 1 N–H and O–H groups in total. The van der Waals surface area contributed by atoms with E-state index in [1.54, 1.807) is 17.9 Å². The Balaban J connectivity index is 1.92. The van der Waals surface area contributed by atoms with Crippen LogP contribution in [-0.2, 0) is 14.4 Å². The van der Waals surface area contributed by atoms with Crippen LogP contribution in [0, 0.1) is 12.7 Å². The van der Waals surface area contributed by atoms with Crippen molar-refractivity contribution in [2.24, 2.45) is 0 Å². The lowest BCUT2D eigenvalue weighted by Crippen LogP contribution is -2.43. The van der Waals surface area contributed by atoms with Gasteiger partial charge in [-0.25, -0.2) is 4.39 Å². The maximum atomic E-state index is 13.7. The molecular weight excluding hydrogens is 355 g/mol. The predicted octanol–water partition coefficient (Wildman–Crippen LogP) is 1.83. The van der Waals surface area contributed by atoms with E-state index in [2.05, 4.69) is 0 Å². The standard InChI is InChI=1S/C19H25FN2O5/c1-13-5-6-16(20)17(10-13)27-12-18(24)21-8-3-4-15(7-9-21)22(14(2)23)11-19(25)26/h5-6,10,15H,3-4,7-9,11-12H2,1-2H3,(H,25,26). The Kier molecular flexibility index (Phi) is 7.15. The lowest BCUT2D eigenvalue weighted by atomic mass is 10.1. The smallest absolute Gasteiger partial charge is 0.323 e. The minimum absolute atomic E-state index is 0.0419. The number of rotatable bonds is 6. The average molecular weight is 380 g/mol. The summed E-state index contributed by atoms with van der Waals surface area (Å²) in [6, 6.07) is 4.24. The van der Waals surface area contributed by atoms with Crippen molar-refractivity contribution in [2.45, 2.75) is 39.2 Å². The van der Waals surface area contributed by atoms with E-state index < -0.39 is 11.8 Å². The van der Waals surface area contributed by atoms with Gasteiger partial charge in [0.2, 0.25) is 5.91 Å². The number of hydrogen-bond donors (Lipinski definition) is 1. The fourth-order valence-electron chi connectivity index (χ4n) is 3.24. The van der Waals surface area contributed by atoms with Crippen LogP contribution >= 0.6 is 0 Å². The number of halogens is 1. The Morgan fingerprint density at radius 1 is 1.30 bits per heavy atom. The van der Waals surface area contributed by atoms with Crippen LogP contribution in [0.5, 0.6) is 5.75 Å². The molecule has 2 amide bonds. The lowest BCUT2D eigenvalue weighted by Gasteiger charge is -2.28. The number of carboxylic acids is 1. The Morgan fingerprint density at radius 3 is 2.70 bits per heavy atom. The van der Waals surface area contributed by atoms with Crippen LogP contribution < -0.4 is 4.74 Å². The first-order chi connectivity index (χ1) is 12.8. The quantitative estimate of drug-likeness (QED) is 0.814. The molecule has 1 aromatic rings. The van der Waals surface area contributed by atoms with Crippen LogP contribution in [0.1, 0.15) is 31.7 Å². The molecule has 0 spiro atoms. The number of amides is 2. The summed E-state index contributed by atoms with van der Waals surface area (Å²) in [5, 5.41) is 8.99. The van der Waals surface area contributed by atoms with Crippen LogP contribution in [-0.4, -0.2) is 65.0 Å². The van der Waals surface area contributed by atoms with Crippen molar-refractivity contribution in [3.63, 3.8) is 0 Å². The number of hydrogen-bond acceptors (Lipinski definition) is 4. The highest BCUT2D eigenvalue weighted by Crippen LogP contribution is 2.20. The molecule has 8 heteroatoms. The van der Waals surface area contributed by atoms with Crippen molar-refractivity contribution in [1.82, 2.24) is 9.80 Å². The number of carbonyl (C=O) groups excluding carboxylic acids is 2. The topological polar surface area (TPSA) is 87.2 Å². The number of carboxylic acid groups (broad SMARTS) is 1. The number of benzene rings is 1. The number of carbonyl (C=O) groups is 3. The molecule has 0 bridgehead atoms. The van der Waals surface area contributed by atoms with Gasteiger partial charge in [0.25, 0.3) is 5.91 Å². The van der Waals surface area contributed by atoms with Gasteiger partial charge < -0.3 is 19.6 Å². The van der Waals surface area contributed by atoms with Crippen molar-refractivity contribution < 1.29 is 28.6 Å².